The van der Waals surface area contributed by atoms with Crippen molar-refractivity contribution in [1.82, 2.24) is 10.2 Å². The van der Waals surface area contributed by atoms with Crippen molar-refractivity contribution in [2.75, 3.05) is 26.2 Å². The lowest BCUT2D eigenvalue weighted by molar-refractivity contribution is -0.385. The van der Waals surface area contributed by atoms with Crippen LogP contribution in [0.4, 0.5) is 23.2 Å². The van der Waals surface area contributed by atoms with Crippen LogP contribution in [0.3, 0.4) is 0 Å². The molecule has 2 rings (SSSR count). The minimum absolute atomic E-state index is 0. The van der Waals surface area contributed by atoms with Crippen LogP contribution >= 0.6 is 24.8 Å². The van der Waals surface area contributed by atoms with E-state index >= 15 is 0 Å². The highest BCUT2D eigenvalue weighted by molar-refractivity contribution is 5.85. The molecule has 23 heavy (non-hydrogen) atoms. The molecule has 1 N–H and O–H groups in total. The quantitative estimate of drug-likeness (QED) is 0.498. The van der Waals surface area contributed by atoms with Gasteiger partial charge in [-0.25, -0.2) is 4.39 Å². The Hall–Kier alpha value is -1.16. The van der Waals surface area contributed by atoms with E-state index in [0.29, 0.717) is 25.2 Å². The van der Waals surface area contributed by atoms with E-state index in [1.165, 1.54) is 0 Å². The molecule has 1 aliphatic heterocycles. The Morgan fingerprint density at radius 2 is 1.78 bits per heavy atom. The predicted octanol–water partition coefficient (Wildman–Crippen LogP) is 3.09. The van der Waals surface area contributed by atoms with Crippen LogP contribution in [0.5, 0.6) is 0 Å². The normalized spacial score (nSPS) is 16.9. The second kappa shape index (κ2) is 8.62. The molecule has 0 saturated carbocycles. The molecule has 0 bridgehead atoms. The maximum absolute atomic E-state index is 13.8. The molecule has 0 aromatic heterocycles. The van der Waals surface area contributed by atoms with E-state index < -0.39 is 34.2 Å². The summed E-state index contributed by atoms with van der Waals surface area (Å²) in [7, 11) is 0. The van der Waals surface area contributed by atoms with Crippen molar-refractivity contribution in [3.63, 3.8) is 0 Å². The zero-order valence-corrected chi connectivity index (χ0v) is 13.3. The summed E-state index contributed by atoms with van der Waals surface area (Å²) >= 11 is 0. The number of nitro benzene ring substituents is 1. The molecule has 1 fully saturated rings. The van der Waals surface area contributed by atoms with Crippen molar-refractivity contribution < 1.29 is 22.5 Å². The largest absolute Gasteiger partial charge is 0.408 e. The van der Waals surface area contributed by atoms with Crippen LogP contribution < -0.4 is 5.32 Å². The van der Waals surface area contributed by atoms with Gasteiger partial charge in [-0.3, -0.25) is 15.0 Å². The summed E-state index contributed by atoms with van der Waals surface area (Å²) < 4.78 is 53.7. The molecule has 0 aliphatic carbocycles. The Kier molecular flexibility index (Phi) is 8.19. The number of alkyl halides is 3. The fraction of sp³-hybridized carbons (Fsp3) is 0.500. The maximum Gasteiger partial charge on any atom is 0.408 e. The monoisotopic (exact) mass is 379 g/mol. The van der Waals surface area contributed by atoms with Crippen LogP contribution in [0.2, 0.25) is 0 Å². The third kappa shape index (κ3) is 5.17. The minimum Gasteiger partial charge on any atom is -0.314 e. The fourth-order valence-electron chi connectivity index (χ4n) is 2.37. The Bertz CT molecular complexity index is 540. The molecule has 1 aliphatic rings. The van der Waals surface area contributed by atoms with E-state index in [9.17, 15) is 27.7 Å². The van der Waals surface area contributed by atoms with Crippen molar-refractivity contribution in [2.24, 2.45) is 0 Å². The minimum atomic E-state index is -4.71. The first-order valence-electron chi connectivity index (χ1n) is 6.26. The number of halogens is 6. The zero-order chi connectivity index (χ0) is 15.6. The summed E-state index contributed by atoms with van der Waals surface area (Å²) in [5, 5.41) is 13.6. The van der Waals surface area contributed by atoms with Gasteiger partial charge in [-0.2, -0.15) is 13.2 Å². The first kappa shape index (κ1) is 21.8. The van der Waals surface area contributed by atoms with Crippen LogP contribution in [-0.2, 0) is 0 Å². The Morgan fingerprint density at radius 3 is 2.26 bits per heavy atom. The molecule has 0 amide bonds. The number of nitrogens with one attached hydrogen (secondary N) is 1. The number of benzene rings is 1. The van der Waals surface area contributed by atoms with Gasteiger partial charge in [0.25, 0.3) is 5.69 Å². The highest BCUT2D eigenvalue weighted by Gasteiger charge is 2.46. The van der Waals surface area contributed by atoms with Gasteiger partial charge >= 0.3 is 6.18 Å². The van der Waals surface area contributed by atoms with Gasteiger partial charge in [-0.15, -0.1) is 24.8 Å². The van der Waals surface area contributed by atoms with Crippen LogP contribution in [0.25, 0.3) is 0 Å². The molecule has 132 valence electrons. The van der Waals surface area contributed by atoms with Gasteiger partial charge in [0, 0.05) is 43.9 Å². The fourth-order valence-corrected chi connectivity index (χ4v) is 2.37. The molecule has 1 aromatic rings. The molecule has 1 heterocycles. The van der Waals surface area contributed by atoms with Gasteiger partial charge in [0.1, 0.15) is 11.9 Å². The van der Waals surface area contributed by atoms with Gasteiger partial charge in [0.15, 0.2) is 0 Å². The smallest absolute Gasteiger partial charge is 0.314 e. The Balaban J connectivity index is 0.00000242. The van der Waals surface area contributed by atoms with Crippen molar-refractivity contribution in [3.05, 3.63) is 39.7 Å². The van der Waals surface area contributed by atoms with E-state index in [4.69, 9.17) is 0 Å². The van der Waals surface area contributed by atoms with Gasteiger partial charge in [-0.1, -0.05) is 0 Å². The molecular formula is C12H15Cl2F4N3O2. The van der Waals surface area contributed by atoms with E-state index in [2.05, 4.69) is 5.32 Å². The molecule has 1 aromatic carbocycles. The average molecular weight is 380 g/mol. The number of hydrogen-bond donors (Lipinski definition) is 1. The molecule has 0 unspecified atom stereocenters. The third-order valence-corrected chi connectivity index (χ3v) is 3.31. The number of nitrogens with zero attached hydrogens (tertiary/aromatic N) is 2. The Morgan fingerprint density at radius 1 is 1.22 bits per heavy atom. The maximum atomic E-state index is 13.8. The average Bonchev–Trinajstić information content (AvgIpc) is 2.40. The number of nitro groups is 1. The summed E-state index contributed by atoms with van der Waals surface area (Å²) in [6.07, 6.45) is -4.71. The van der Waals surface area contributed by atoms with Gasteiger partial charge in [-0.05, 0) is 6.07 Å². The number of rotatable bonds is 3. The number of hydrogen-bond acceptors (Lipinski definition) is 4. The summed E-state index contributed by atoms with van der Waals surface area (Å²) in [6, 6.07) is 0.0352. The SMILES string of the molecule is Cl.Cl.O=[N+]([O-])c1ccc(F)c([C@@H](N2CCNCC2)C(F)(F)F)c1. The van der Waals surface area contributed by atoms with Crippen LogP contribution in [0.1, 0.15) is 11.6 Å². The van der Waals surface area contributed by atoms with Crippen molar-refractivity contribution in [2.45, 2.75) is 12.2 Å². The molecule has 1 saturated heterocycles. The molecule has 11 heteroatoms. The standard InChI is InChI=1S/C12H13F4N3O2.2ClH/c13-10-2-1-8(19(20)21)7-9(10)11(12(14,15)16)18-5-3-17-4-6-18;;/h1-2,7,11,17H,3-6H2;2*1H/t11-;;/m1../s1. The molecular weight excluding hydrogens is 365 g/mol. The van der Waals surface area contributed by atoms with Crippen molar-refractivity contribution in [3.8, 4) is 0 Å². The summed E-state index contributed by atoms with van der Waals surface area (Å²) in [6.45, 7) is 0.880. The second-order valence-corrected chi connectivity index (χ2v) is 4.69. The van der Waals surface area contributed by atoms with E-state index in [1.54, 1.807) is 0 Å². The van der Waals surface area contributed by atoms with Gasteiger partial charge in [0.2, 0.25) is 0 Å². The van der Waals surface area contributed by atoms with E-state index in [-0.39, 0.29) is 37.9 Å². The van der Waals surface area contributed by atoms with Crippen LogP contribution in [-0.4, -0.2) is 42.2 Å². The zero-order valence-electron chi connectivity index (χ0n) is 11.7. The molecule has 5 nitrogen and oxygen atoms in total. The first-order valence-corrected chi connectivity index (χ1v) is 6.26. The Labute approximate surface area is 142 Å². The van der Waals surface area contributed by atoms with Crippen LogP contribution in [0, 0.1) is 15.9 Å². The third-order valence-electron chi connectivity index (χ3n) is 3.31. The summed E-state index contributed by atoms with van der Waals surface area (Å²) in [4.78, 5) is 10.9. The highest BCUT2D eigenvalue weighted by Crippen LogP contribution is 2.39. The predicted molar refractivity (Wildman–Crippen MR) is 80.8 cm³/mol. The lowest BCUT2D eigenvalue weighted by atomic mass is 10.0. The first-order chi connectivity index (χ1) is 9.80. The van der Waals surface area contributed by atoms with Gasteiger partial charge in [0.05, 0.1) is 4.92 Å². The lowest BCUT2D eigenvalue weighted by Gasteiger charge is -2.36. The van der Waals surface area contributed by atoms with Crippen LogP contribution in [0.15, 0.2) is 18.2 Å². The second-order valence-electron chi connectivity index (χ2n) is 4.69. The van der Waals surface area contributed by atoms with Crippen molar-refractivity contribution >= 4 is 30.5 Å². The number of piperazine rings is 1. The van der Waals surface area contributed by atoms with Gasteiger partial charge < -0.3 is 5.32 Å². The summed E-state index contributed by atoms with van der Waals surface area (Å²) in [5.74, 6) is -1.10. The molecule has 1 atom stereocenters. The van der Waals surface area contributed by atoms with Crippen molar-refractivity contribution in [1.29, 1.82) is 0 Å². The molecule has 0 radical (unpaired) electrons. The van der Waals surface area contributed by atoms with E-state index in [1.807, 2.05) is 0 Å². The molecule has 0 spiro atoms. The highest BCUT2D eigenvalue weighted by atomic mass is 35.5. The topological polar surface area (TPSA) is 58.4 Å². The number of non-ortho nitro benzene ring substituents is 1. The van der Waals surface area contributed by atoms with E-state index in [0.717, 1.165) is 11.0 Å². The lowest BCUT2D eigenvalue weighted by Crippen LogP contribution is -2.49. The summed E-state index contributed by atoms with van der Waals surface area (Å²) in [5.41, 5.74) is -1.27.